The van der Waals surface area contributed by atoms with Crippen molar-refractivity contribution in [3.05, 3.63) is 0 Å². The second kappa shape index (κ2) is 3.81. The lowest BCUT2D eigenvalue weighted by Crippen LogP contribution is -2.19. The van der Waals surface area contributed by atoms with Crippen molar-refractivity contribution in [1.82, 2.24) is 4.67 Å². The zero-order valence-corrected chi connectivity index (χ0v) is 7.56. The van der Waals surface area contributed by atoms with Gasteiger partial charge in [-0.3, -0.25) is 0 Å². The smallest absolute Gasteiger partial charge is 0.258 e. The third-order valence-corrected chi connectivity index (χ3v) is 3.67. The molecule has 0 atom stereocenters. The van der Waals surface area contributed by atoms with E-state index in [0.29, 0.717) is 0 Å². The van der Waals surface area contributed by atoms with Gasteiger partial charge in [-0.05, 0) is 19.3 Å². The minimum atomic E-state index is -0.640. The Hall–Kier alpha value is 0.310. The van der Waals surface area contributed by atoms with Crippen LogP contribution < -0.4 is 0 Å². The molecule has 11 heavy (non-hydrogen) atoms. The molecular weight excluding hydrogens is 161 g/mol. The first kappa shape index (κ1) is 7.93. The van der Waals surface area contributed by atoms with Gasteiger partial charge in [0.05, 0.1) is 13.2 Å². The lowest BCUT2D eigenvalue weighted by molar-refractivity contribution is 0.154. The molecule has 2 rings (SSSR count). The highest BCUT2D eigenvalue weighted by Crippen LogP contribution is 2.46. The van der Waals surface area contributed by atoms with Crippen LogP contribution in [0.5, 0.6) is 0 Å². The van der Waals surface area contributed by atoms with E-state index in [4.69, 9.17) is 9.05 Å². The largest absolute Gasteiger partial charge is 0.322 e. The summed E-state index contributed by atoms with van der Waals surface area (Å²) in [4.78, 5) is 0. The second-order valence-corrected chi connectivity index (χ2v) is 4.48. The third-order valence-electron chi connectivity index (χ3n) is 2.01. The predicted molar refractivity (Wildman–Crippen MR) is 44.2 cm³/mol. The first-order valence-corrected chi connectivity index (χ1v) is 5.41. The van der Waals surface area contributed by atoms with Crippen LogP contribution in [0.1, 0.15) is 19.3 Å². The van der Waals surface area contributed by atoms with Gasteiger partial charge in [-0.25, -0.2) is 4.67 Å². The molecule has 2 aliphatic rings. The zero-order chi connectivity index (χ0) is 7.52. The van der Waals surface area contributed by atoms with Crippen molar-refractivity contribution in [2.75, 3.05) is 26.3 Å². The maximum absolute atomic E-state index is 5.53. The maximum atomic E-state index is 5.53. The van der Waals surface area contributed by atoms with Crippen LogP contribution in [0.4, 0.5) is 0 Å². The maximum Gasteiger partial charge on any atom is 0.258 e. The molecule has 0 bridgehead atoms. The van der Waals surface area contributed by atoms with E-state index in [0.717, 1.165) is 19.6 Å². The highest BCUT2D eigenvalue weighted by molar-refractivity contribution is 7.44. The van der Waals surface area contributed by atoms with Crippen LogP contribution in [-0.2, 0) is 9.05 Å². The molecule has 0 aromatic carbocycles. The van der Waals surface area contributed by atoms with Crippen LogP contribution in [0.2, 0.25) is 0 Å². The summed E-state index contributed by atoms with van der Waals surface area (Å²) in [5.74, 6) is 0. The Morgan fingerprint density at radius 2 is 1.55 bits per heavy atom. The van der Waals surface area contributed by atoms with E-state index < -0.39 is 8.53 Å². The van der Waals surface area contributed by atoms with Gasteiger partial charge in [-0.15, -0.1) is 0 Å². The molecule has 0 aromatic rings. The molecule has 0 aliphatic carbocycles. The molecule has 2 aliphatic heterocycles. The first-order chi connectivity index (χ1) is 5.47. The minimum absolute atomic E-state index is 0.640. The Morgan fingerprint density at radius 1 is 0.909 bits per heavy atom. The van der Waals surface area contributed by atoms with Crippen molar-refractivity contribution in [1.29, 1.82) is 0 Å². The van der Waals surface area contributed by atoms with Crippen molar-refractivity contribution < 1.29 is 9.05 Å². The van der Waals surface area contributed by atoms with Crippen LogP contribution in [0, 0.1) is 0 Å². The highest BCUT2D eigenvalue weighted by Gasteiger charge is 2.26. The fourth-order valence-electron chi connectivity index (χ4n) is 1.41. The lowest BCUT2D eigenvalue weighted by atomic mass is 10.4. The van der Waals surface area contributed by atoms with Crippen molar-refractivity contribution in [3.8, 4) is 0 Å². The normalized spacial score (nSPS) is 29.5. The highest BCUT2D eigenvalue weighted by atomic mass is 31.2. The molecule has 0 radical (unpaired) electrons. The van der Waals surface area contributed by atoms with Gasteiger partial charge in [0.25, 0.3) is 8.53 Å². The Bertz CT molecular complexity index is 122. The summed E-state index contributed by atoms with van der Waals surface area (Å²) in [6.07, 6.45) is 3.68. The average Bonchev–Trinajstić information content (AvgIpc) is 2.58. The summed E-state index contributed by atoms with van der Waals surface area (Å²) >= 11 is 0. The zero-order valence-electron chi connectivity index (χ0n) is 6.66. The standard InChI is InChI=1S/C7H14NO2P/c1-2-5-8(4-1)11-9-6-3-7-10-11/h1-7H2. The molecule has 0 saturated carbocycles. The molecule has 0 N–H and O–H groups in total. The molecule has 0 spiro atoms. The summed E-state index contributed by atoms with van der Waals surface area (Å²) in [7, 11) is -0.640. The Kier molecular flexibility index (Phi) is 2.75. The first-order valence-electron chi connectivity index (χ1n) is 4.27. The van der Waals surface area contributed by atoms with Crippen molar-refractivity contribution in [2.45, 2.75) is 19.3 Å². The quantitative estimate of drug-likeness (QED) is 0.566. The Morgan fingerprint density at radius 3 is 2.18 bits per heavy atom. The van der Waals surface area contributed by atoms with Gasteiger partial charge in [0, 0.05) is 13.1 Å². The van der Waals surface area contributed by atoms with Gasteiger partial charge < -0.3 is 9.05 Å². The van der Waals surface area contributed by atoms with Crippen molar-refractivity contribution >= 4 is 8.53 Å². The van der Waals surface area contributed by atoms with Crippen LogP contribution in [-0.4, -0.2) is 31.0 Å². The van der Waals surface area contributed by atoms with Crippen LogP contribution in [0.15, 0.2) is 0 Å². The molecule has 2 fully saturated rings. The Labute approximate surface area is 68.6 Å². The molecule has 0 amide bonds. The van der Waals surface area contributed by atoms with Crippen LogP contribution >= 0.6 is 8.53 Å². The Balaban J connectivity index is 1.82. The fourth-order valence-corrected chi connectivity index (χ4v) is 2.99. The number of hydrogen-bond donors (Lipinski definition) is 0. The topological polar surface area (TPSA) is 21.7 Å². The molecule has 0 aromatic heterocycles. The van der Waals surface area contributed by atoms with Gasteiger partial charge in [-0.1, -0.05) is 0 Å². The number of rotatable bonds is 1. The van der Waals surface area contributed by atoms with E-state index in [1.54, 1.807) is 0 Å². The summed E-state index contributed by atoms with van der Waals surface area (Å²) in [5, 5.41) is 0. The summed E-state index contributed by atoms with van der Waals surface area (Å²) < 4.78 is 13.4. The van der Waals surface area contributed by atoms with Crippen molar-refractivity contribution in [3.63, 3.8) is 0 Å². The SMILES string of the molecule is C1COP(N2CCCC2)OC1. The lowest BCUT2D eigenvalue weighted by Gasteiger charge is -2.28. The van der Waals surface area contributed by atoms with Crippen LogP contribution in [0.25, 0.3) is 0 Å². The van der Waals surface area contributed by atoms with E-state index in [1.165, 1.54) is 25.9 Å². The number of hydrogen-bond acceptors (Lipinski definition) is 3. The average molecular weight is 175 g/mol. The van der Waals surface area contributed by atoms with Gasteiger partial charge in [0.2, 0.25) is 0 Å². The predicted octanol–water partition coefficient (Wildman–Crippen LogP) is 1.75. The second-order valence-electron chi connectivity index (χ2n) is 2.92. The minimum Gasteiger partial charge on any atom is -0.322 e. The third kappa shape index (κ3) is 1.91. The summed E-state index contributed by atoms with van der Waals surface area (Å²) in [6.45, 7) is 4.13. The summed E-state index contributed by atoms with van der Waals surface area (Å²) in [6, 6.07) is 0. The monoisotopic (exact) mass is 175 g/mol. The van der Waals surface area contributed by atoms with E-state index in [1.807, 2.05) is 0 Å². The molecule has 3 nitrogen and oxygen atoms in total. The van der Waals surface area contributed by atoms with Crippen molar-refractivity contribution in [2.24, 2.45) is 0 Å². The molecule has 2 saturated heterocycles. The molecule has 64 valence electrons. The van der Waals surface area contributed by atoms with E-state index in [-0.39, 0.29) is 0 Å². The number of nitrogens with zero attached hydrogens (tertiary/aromatic N) is 1. The van der Waals surface area contributed by atoms with Crippen LogP contribution in [0.3, 0.4) is 0 Å². The molecule has 2 heterocycles. The molecular formula is C7H14NO2P. The van der Waals surface area contributed by atoms with E-state index in [9.17, 15) is 0 Å². The summed E-state index contributed by atoms with van der Waals surface area (Å²) in [5.41, 5.74) is 0. The van der Waals surface area contributed by atoms with E-state index >= 15 is 0 Å². The van der Waals surface area contributed by atoms with Gasteiger partial charge in [0.15, 0.2) is 0 Å². The van der Waals surface area contributed by atoms with E-state index in [2.05, 4.69) is 4.67 Å². The molecule has 4 heteroatoms. The van der Waals surface area contributed by atoms with Gasteiger partial charge in [-0.2, -0.15) is 0 Å². The van der Waals surface area contributed by atoms with Gasteiger partial charge in [0.1, 0.15) is 0 Å². The molecule has 0 unspecified atom stereocenters. The fraction of sp³-hybridized carbons (Fsp3) is 1.00. The van der Waals surface area contributed by atoms with Gasteiger partial charge >= 0.3 is 0 Å².